The van der Waals surface area contributed by atoms with Crippen LogP contribution in [-0.4, -0.2) is 56.9 Å². The van der Waals surface area contributed by atoms with Crippen molar-refractivity contribution in [2.24, 2.45) is 0 Å². The van der Waals surface area contributed by atoms with Crippen LogP contribution in [0.1, 0.15) is 72.4 Å². The van der Waals surface area contributed by atoms with E-state index in [1.54, 1.807) is 37.8 Å². The molecule has 33 heavy (non-hydrogen) atoms. The van der Waals surface area contributed by atoms with Crippen LogP contribution >= 0.6 is 12.6 Å². The fourth-order valence-corrected chi connectivity index (χ4v) is 3.78. The van der Waals surface area contributed by atoms with Crippen LogP contribution in [0.5, 0.6) is 5.75 Å². The zero-order chi connectivity index (χ0) is 25.0. The van der Waals surface area contributed by atoms with Crippen LogP contribution in [0.3, 0.4) is 0 Å². The molecule has 0 aromatic heterocycles. The van der Waals surface area contributed by atoms with Crippen molar-refractivity contribution in [3.63, 3.8) is 0 Å². The third-order valence-electron chi connectivity index (χ3n) is 5.13. The molecule has 1 saturated carbocycles. The molecular formula is C24H37N3O5S. The first-order valence-corrected chi connectivity index (χ1v) is 11.9. The zero-order valence-corrected chi connectivity index (χ0v) is 21.2. The highest BCUT2D eigenvalue weighted by atomic mass is 32.1. The lowest BCUT2D eigenvalue weighted by atomic mass is 9.88. The second-order valence-electron chi connectivity index (χ2n) is 10.4. The van der Waals surface area contributed by atoms with E-state index in [0.717, 1.165) is 19.3 Å². The van der Waals surface area contributed by atoms with Gasteiger partial charge in [0.2, 0.25) is 11.8 Å². The summed E-state index contributed by atoms with van der Waals surface area (Å²) >= 11 is 4.29. The predicted octanol–water partition coefficient (Wildman–Crippen LogP) is 3.55. The van der Waals surface area contributed by atoms with E-state index in [2.05, 4.69) is 23.3 Å². The number of hydrogen-bond donors (Lipinski definition) is 4. The van der Waals surface area contributed by atoms with Crippen molar-refractivity contribution in [2.75, 3.05) is 5.75 Å². The Morgan fingerprint density at radius 3 is 2.12 bits per heavy atom. The van der Waals surface area contributed by atoms with Gasteiger partial charge in [-0.25, -0.2) is 4.79 Å². The number of hydrogen-bond acceptors (Lipinski definition) is 6. The summed E-state index contributed by atoms with van der Waals surface area (Å²) in [6, 6.07) is 4.22. The SMILES string of the molecule is CC(C)(C)NC(=O)C(c1ccc(O)cc1)N(C(=O)C(CS)NC(=O)OC(C)(C)C)C1CCC1. The van der Waals surface area contributed by atoms with Crippen molar-refractivity contribution in [1.29, 1.82) is 0 Å². The molecule has 0 saturated heterocycles. The molecule has 1 aromatic carbocycles. The minimum atomic E-state index is -0.967. The highest BCUT2D eigenvalue weighted by Gasteiger charge is 2.42. The second-order valence-corrected chi connectivity index (χ2v) is 10.8. The van der Waals surface area contributed by atoms with Gasteiger partial charge in [0.25, 0.3) is 0 Å². The van der Waals surface area contributed by atoms with Crippen LogP contribution in [0.15, 0.2) is 24.3 Å². The monoisotopic (exact) mass is 479 g/mol. The van der Waals surface area contributed by atoms with Crippen LogP contribution in [-0.2, 0) is 14.3 Å². The summed E-state index contributed by atoms with van der Waals surface area (Å²) in [5.41, 5.74) is -0.661. The Kier molecular flexibility index (Phi) is 8.68. The maximum absolute atomic E-state index is 13.7. The van der Waals surface area contributed by atoms with Crippen molar-refractivity contribution in [3.05, 3.63) is 29.8 Å². The van der Waals surface area contributed by atoms with Gasteiger partial charge in [0.1, 0.15) is 23.4 Å². The molecule has 0 radical (unpaired) electrons. The smallest absolute Gasteiger partial charge is 0.408 e. The van der Waals surface area contributed by atoms with E-state index in [1.807, 2.05) is 20.8 Å². The van der Waals surface area contributed by atoms with Gasteiger partial charge < -0.3 is 25.4 Å². The third-order valence-corrected chi connectivity index (χ3v) is 5.49. The largest absolute Gasteiger partial charge is 0.508 e. The highest BCUT2D eigenvalue weighted by Crippen LogP contribution is 2.34. The first-order chi connectivity index (χ1) is 15.2. The van der Waals surface area contributed by atoms with Crippen molar-refractivity contribution in [3.8, 4) is 5.75 Å². The summed E-state index contributed by atoms with van der Waals surface area (Å²) in [7, 11) is 0. The predicted molar refractivity (Wildman–Crippen MR) is 130 cm³/mol. The van der Waals surface area contributed by atoms with E-state index in [-0.39, 0.29) is 23.5 Å². The summed E-state index contributed by atoms with van der Waals surface area (Å²) in [6.45, 7) is 10.8. The summed E-state index contributed by atoms with van der Waals surface area (Å²) in [5, 5.41) is 15.3. The third kappa shape index (κ3) is 7.84. The van der Waals surface area contributed by atoms with E-state index >= 15 is 0 Å². The maximum Gasteiger partial charge on any atom is 0.408 e. The van der Waals surface area contributed by atoms with Crippen molar-refractivity contribution in [1.82, 2.24) is 15.5 Å². The average Bonchev–Trinajstić information content (AvgIpc) is 2.62. The number of carbonyl (C=O) groups excluding carboxylic acids is 3. The lowest BCUT2D eigenvalue weighted by molar-refractivity contribution is -0.147. The summed E-state index contributed by atoms with van der Waals surface area (Å²) in [4.78, 5) is 41.1. The van der Waals surface area contributed by atoms with Crippen LogP contribution in [0.25, 0.3) is 0 Å². The number of thiol groups is 1. The van der Waals surface area contributed by atoms with Crippen LogP contribution in [0.2, 0.25) is 0 Å². The molecule has 0 spiro atoms. The number of phenols is 1. The topological polar surface area (TPSA) is 108 Å². The molecule has 3 N–H and O–H groups in total. The molecule has 8 nitrogen and oxygen atoms in total. The van der Waals surface area contributed by atoms with E-state index in [4.69, 9.17) is 4.74 Å². The highest BCUT2D eigenvalue weighted by molar-refractivity contribution is 7.80. The Morgan fingerprint density at radius 2 is 1.70 bits per heavy atom. The van der Waals surface area contributed by atoms with E-state index in [9.17, 15) is 19.5 Å². The molecule has 1 fully saturated rings. The van der Waals surface area contributed by atoms with Gasteiger partial charge in [0, 0.05) is 17.3 Å². The minimum absolute atomic E-state index is 0.0461. The molecule has 1 aliphatic rings. The number of phenolic OH excluding ortho intramolecular Hbond substituents is 1. The van der Waals surface area contributed by atoms with Gasteiger partial charge in [-0.2, -0.15) is 12.6 Å². The second kappa shape index (κ2) is 10.7. The van der Waals surface area contributed by atoms with E-state index in [1.165, 1.54) is 12.1 Å². The first kappa shape index (κ1) is 26.8. The Bertz CT molecular complexity index is 841. The van der Waals surface area contributed by atoms with Gasteiger partial charge >= 0.3 is 6.09 Å². The van der Waals surface area contributed by atoms with Crippen molar-refractivity contribution < 1.29 is 24.2 Å². The fourth-order valence-electron chi connectivity index (χ4n) is 3.53. The number of ether oxygens (including phenoxy) is 1. The molecule has 184 valence electrons. The van der Waals surface area contributed by atoms with Gasteiger partial charge in [0.05, 0.1) is 0 Å². The van der Waals surface area contributed by atoms with Gasteiger partial charge in [-0.15, -0.1) is 0 Å². The molecule has 0 aliphatic heterocycles. The van der Waals surface area contributed by atoms with Crippen molar-refractivity contribution in [2.45, 2.75) is 90.1 Å². The lowest BCUT2D eigenvalue weighted by Crippen LogP contribution is -2.59. The van der Waals surface area contributed by atoms with Gasteiger partial charge in [-0.1, -0.05) is 12.1 Å². The molecule has 2 unspecified atom stereocenters. The summed E-state index contributed by atoms with van der Waals surface area (Å²) in [6.07, 6.45) is 1.75. The molecule has 0 bridgehead atoms. The Labute approximate surface area is 201 Å². The Balaban J connectivity index is 2.42. The Hall–Kier alpha value is -2.42. The van der Waals surface area contributed by atoms with Gasteiger partial charge in [0.15, 0.2) is 0 Å². The Morgan fingerprint density at radius 1 is 1.12 bits per heavy atom. The minimum Gasteiger partial charge on any atom is -0.508 e. The number of benzene rings is 1. The van der Waals surface area contributed by atoms with E-state index < -0.39 is 35.2 Å². The molecule has 1 aromatic rings. The van der Waals surface area contributed by atoms with Crippen LogP contribution in [0, 0.1) is 0 Å². The molecule has 9 heteroatoms. The normalized spacial score (nSPS) is 16.2. The average molecular weight is 480 g/mol. The number of carbonyl (C=O) groups is 3. The summed E-state index contributed by atoms with van der Waals surface area (Å²) in [5.74, 6) is -0.619. The molecular weight excluding hydrogens is 442 g/mol. The van der Waals surface area contributed by atoms with Crippen LogP contribution in [0.4, 0.5) is 4.79 Å². The number of aromatic hydroxyl groups is 1. The number of rotatable bonds is 7. The van der Waals surface area contributed by atoms with Gasteiger partial charge in [-0.3, -0.25) is 9.59 Å². The number of alkyl carbamates (subject to hydrolysis) is 1. The van der Waals surface area contributed by atoms with Crippen molar-refractivity contribution >= 4 is 30.5 Å². The number of nitrogens with zero attached hydrogens (tertiary/aromatic N) is 1. The molecule has 0 heterocycles. The maximum atomic E-state index is 13.7. The summed E-state index contributed by atoms with van der Waals surface area (Å²) < 4.78 is 5.31. The first-order valence-electron chi connectivity index (χ1n) is 11.3. The number of nitrogens with one attached hydrogen (secondary N) is 2. The fraction of sp³-hybridized carbons (Fsp3) is 0.625. The standard InChI is InChI=1S/C24H37N3O5S/c1-23(2,3)26-20(29)19(15-10-12-17(28)13-11-15)27(16-8-7-9-16)21(30)18(14-33)25-22(31)32-24(4,5)6/h10-13,16,18-19,28,33H,7-9,14H2,1-6H3,(H,25,31)(H,26,29). The lowest BCUT2D eigenvalue weighted by Gasteiger charge is -2.44. The number of amides is 3. The van der Waals surface area contributed by atoms with Crippen LogP contribution < -0.4 is 10.6 Å². The molecule has 2 rings (SSSR count). The molecule has 1 aliphatic carbocycles. The van der Waals surface area contributed by atoms with E-state index in [0.29, 0.717) is 5.56 Å². The molecule has 3 amide bonds. The molecule has 2 atom stereocenters. The quantitative estimate of drug-likeness (QED) is 0.447. The van der Waals surface area contributed by atoms with Gasteiger partial charge in [-0.05, 0) is 78.5 Å². The zero-order valence-electron chi connectivity index (χ0n) is 20.3.